The minimum atomic E-state index is -0.295. The van der Waals surface area contributed by atoms with Gasteiger partial charge in [-0.05, 0) is 48.9 Å². The highest BCUT2D eigenvalue weighted by molar-refractivity contribution is 5.92. The first kappa shape index (κ1) is 18.5. The average molecular weight is 368 g/mol. The Balaban J connectivity index is 2.33. The molecule has 6 heteroatoms. The summed E-state index contributed by atoms with van der Waals surface area (Å²) < 4.78 is 16.5. The molecule has 0 radical (unpaired) electrons. The van der Waals surface area contributed by atoms with Gasteiger partial charge in [-0.1, -0.05) is 0 Å². The lowest BCUT2D eigenvalue weighted by atomic mass is 10.0. The maximum Gasteiger partial charge on any atom is 0.193 e. The largest absolute Gasteiger partial charge is 0.504 e. The molecule has 0 bridgehead atoms. The van der Waals surface area contributed by atoms with E-state index in [-0.39, 0.29) is 34.5 Å². The van der Waals surface area contributed by atoms with Crippen molar-refractivity contribution in [1.29, 1.82) is 0 Å². The summed E-state index contributed by atoms with van der Waals surface area (Å²) in [6.07, 6.45) is 1.63. The summed E-state index contributed by atoms with van der Waals surface area (Å²) in [6.45, 7) is 1.55. The van der Waals surface area contributed by atoms with Gasteiger partial charge in [-0.15, -0.1) is 0 Å². The molecule has 1 aromatic heterocycles. The Kier molecular flexibility index (Phi) is 5.19. The topological polar surface area (TPSA) is 89.1 Å². The minimum absolute atomic E-state index is 0.172. The molecule has 3 aromatic rings. The summed E-state index contributed by atoms with van der Waals surface area (Å²) in [7, 11) is 2.99. The summed E-state index contributed by atoms with van der Waals surface area (Å²) in [5.41, 5.74) is 1.70. The lowest BCUT2D eigenvalue weighted by Gasteiger charge is -2.12. The third kappa shape index (κ3) is 3.52. The molecular weight excluding hydrogens is 348 g/mol. The number of aliphatic hydroxyl groups is 1. The van der Waals surface area contributed by atoms with Crippen LogP contribution in [0.3, 0.4) is 0 Å². The molecule has 0 aliphatic carbocycles. The Bertz CT molecular complexity index is 1060. The molecule has 3 rings (SSSR count). The Hall–Kier alpha value is -3.25. The molecular formula is C21H20O6. The molecule has 0 aliphatic heterocycles. The van der Waals surface area contributed by atoms with Crippen LogP contribution in [0.1, 0.15) is 12.5 Å². The van der Waals surface area contributed by atoms with E-state index < -0.39 is 0 Å². The molecule has 140 valence electrons. The van der Waals surface area contributed by atoms with Gasteiger partial charge in [-0.25, -0.2) is 0 Å². The SMILES string of the molecule is COc1ccc(-c2cc(=O)c3cc(O)c(OC)c(/C=C(\C)CO)c3o2)cc1. The van der Waals surface area contributed by atoms with Gasteiger partial charge in [0, 0.05) is 11.6 Å². The van der Waals surface area contributed by atoms with Crippen molar-refractivity contribution in [3.8, 4) is 28.6 Å². The van der Waals surface area contributed by atoms with E-state index in [9.17, 15) is 15.0 Å². The molecule has 0 fully saturated rings. The molecule has 0 amide bonds. The van der Waals surface area contributed by atoms with Crippen LogP contribution in [-0.2, 0) is 0 Å². The van der Waals surface area contributed by atoms with E-state index in [1.54, 1.807) is 44.4 Å². The second-order valence-corrected chi connectivity index (χ2v) is 6.07. The van der Waals surface area contributed by atoms with E-state index >= 15 is 0 Å². The van der Waals surface area contributed by atoms with Gasteiger partial charge in [-0.3, -0.25) is 4.79 Å². The first-order chi connectivity index (χ1) is 13.0. The standard InChI is InChI=1S/C21H20O6/c1-12(11-22)8-16-20-15(9-18(24)21(16)26-3)17(23)10-19(27-20)13-4-6-14(25-2)7-5-13/h4-10,22,24H,11H2,1-3H3/b12-8+. The number of hydrogen-bond acceptors (Lipinski definition) is 6. The number of aromatic hydroxyl groups is 1. The van der Waals surface area contributed by atoms with Crippen LogP contribution in [0.5, 0.6) is 17.2 Å². The lowest BCUT2D eigenvalue weighted by molar-refractivity contribution is 0.332. The van der Waals surface area contributed by atoms with Gasteiger partial charge in [0.25, 0.3) is 0 Å². The van der Waals surface area contributed by atoms with Crippen LogP contribution in [-0.4, -0.2) is 31.0 Å². The molecule has 6 nitrogen and oxygen atoms in total. The molecule has 2 N–H and O–H groups in total. The van der Waals surface area contributed by atoms with Gasteiger partial charge in [-0.2, -0.15) is 0 Å². The van der Waals surface area contributed by atoms with E-state index in [0.29, 0.717) is 28.2 Å². The summed E-state index contributed by atoms with van der Waals surface area (Å²) in [4.78, 5) is 12.6. The number of fused-ring (bicyclic) bond motifs is 1. The zero-order valence-corrected chi connectivity index (χ0v) is 15.3. The van der Waals surface area contributed by atoms with Crippen LogP contribution in [0.15, 0.2) is 51.2 Å². The maximum atomic E-state index is 12.6. The summed E-state index contributed by atoms with van der Waals surface area (Å²) in [5.74, 6) is 1.06. The maximum absolute atomic E-state index is 12.6. The fourth-order valence-corrected chi connectivity index (χ4v) is 2.82. The fraction of sp³-hybridized carbons (Fsp3) is 0.190. The van der Waals surface area contributed by atoms with Crippen LogP contribution in [0, 0.1) is 0 Å². The van der Waals surface area contributed by atoms with E-state index in [1.807, 2.05) is 0 Å². The summed E-state index contributed by atoms with van der Waals surface area (Å²) in [5, 5.41) is 19.8. The molecule has 0 saturated heterocycles. The average Bonchev–Trinajstić information content (AvgIpc) is 2.68. The molecule has 0 spiro atoms. The smallest absolute Gasteiger partial charge is 0.193 e. The van der Waals surface area contributed by atoms with Crippen LogP contribution in [0.25, 0.3) is 28.4 Å². The number of phenolic OH excluding ortho intramolecular Hbond substituents is 1. The van der Waals surface area contributed by atoms with E-state index in [2.05, 4.69) is 0 Å². The molecule has 0 aliphatic rings. The molecule has 27 heavy (non-hydrogen) atoms. The van der Waals surface area contributed by atoms with Crippen molar-refractivity contribution in [3.63, 3.8) is 0 Å². The Morgan fingerprint density at radius 2 is 1.85 bits per heavy atom. The third-order valence-corrected chi connectivity index (χ3v) is 4.21. The van der Waals surface area contributed by atoms with Gasteiger partial charge in [0.15, 0.2) is 16.9 Å². The Labute approximate surface area is 155 Å². The fourth-order valence-electron chi connectivity index (χ4n) is 2.82. The minimum Gasteiger partial charge on any atom is -0.504 e. The van der Waals surface area contributed by atoms with Crippen molar-refractivity contribution in [2.24, 2.45) is 0 Å². The van der Waals surface area contributed by atoms with Crippen molar-refractivity contribution in [3.05, 3.63) is 57.8 Å². The van der Waals surface area contributed by atoms with Gasteiger partial charge in [0.05, 0.1) is 31.8 Å². The molecule has 2 aromatic carbocycles. The number of phenols is 1. The van der Waals surface area contributed by atoms with Crippen molar-refractivity contribution < 1.29 is 24.1 Å². The highest BCUT2D eigenvalue weighted by Crippen LogP contribution is 2.38. The highest BCUT2D eigenvalue weighted by Gasteiger charge is 2.18. The van der Waals surface area contributed by atoms with E-state index in [4.69, 9.17) is 13.9 Å². The number of rotatable bonds is 5. The van der Waals surface area contributed by atoms with Crippen molar-refractivity contribution in [2.45, 2.75) is 6.92 Å². The number of hydrogen-bond donors (Lipinski definition) is 2. The van der Waals surface area contributed by atoms with Crippen molar-refractivity contribution in [2.75, 3.05) is 20.8 Å². The van der Waals surface area contributed by atoms with E-state index in [0.717, 1.165) is 0 Å². The first-order valence-electron chi connectivity index (χ1n) is 8.28. The van der Waals surface area contributed by atoms with Gasteiger partial charge < -0.3 is 24.1 Å². The number of aliphatic hydroxyl groups excluding tert-OH is 1. The van der Waals surface area contributed by atoms with Crippen LogP contribution in [0.4, 0.5) is 0 Å². The van der Waals surface area contributed by atoms with Crippen molar-refractivity contribution in [1.82, 2.24) is 0 Å². The number of ether oxygens (including phenoxy) is 2. The van der Waals surface area contributed by atoms with Gasteiger partial charge in [0.2, 0.25) is 0 Å². The van der Waals surface area contributed by atoms with Gasteiger partial charge in [0.1, 0.15) is 17.1 Å². The highest BCUT2D eigenvalue weighted by atomic mass is 16.5. The predicted molar refractivity (Wildman–Crippen MR) is 103 cm³/mol. The molecule has 0 atom stereocenters. The second kappa shape index (κ2) is 7.55. The van der Waals surface area contributed by atoms with E-state index in [1.165, 1.54) is 19.2 Å². The monoisotopic (exact) mass is 368 g/mol. The first-order valence-corrected chi connectivity index (χ1v) is 8.28. The quantitative estimate of drug-likeness (QED) is 0.716. The lowest BCUT2D eigenvalue weighted by Crippen LogP contribution is -2.03. The second-order valence-electron chi connectivity index (χ2n) is 6.07. The third-order valence-electron chi connectivity index (χ3n) is 4.21. The number of benzene rings is 2. The zero-order valence-electron chi connectivity index (χ0n) is 15.3. The Morgan fingerprint density at radius 1 is 1.15 bits per heavy atom. The molecule has 0 unspecified atom stereocenters. The summed E-state index contributed by atoms with van der Waals surface area (Å²) in [6, 6.07) is 9.82. The van der Waals surface area contributed by atoms with Gasteiger partial charge >= 0.3 is 0 Å². The summed E-state index contributed by atoms with van der Waals surface area (Å²) >= 11 is 0. The van der Waals surface area contributed by atoms with Crippen LogP contribution >= 0.6 is 0 Å². The van der Waals surface area contributed by atoms with Crippen molar-refractivity contribution >= 4 is 17.0 Å². The normalized spacial score (nSPS) is 11.6. The Morgan fingerprint density at radius 3 is 2.44 bits per heavy atom. The predicted octanol–water partition coefficient (Wildman–Crippen LogP) is 3.58. The molecule has 0 saturated carbocycles. The zero-order chi connectivity index (χ0) is 19.6. The number of methoxy groups -OCH3 is 2. The van der Waals surface area contributed by atoms with Crippen LogP contribution < -0.4 is 14.9 Å². The molecule has 1 heterocycles. The van der Waals surface area contributed by atoms with Crippen LogP contribution in [0.2, 0.25) is 0 Å².